The molecule has 2 N–H and O–H groups in total. The van der Waals surface area contributed by atoms with Crippen molar-refractivity contribution >= 4 is 23.2 Å². The summed E-state index contributed by atoms with van der Waals surface area (Å²) in [6.07, 6.45) is 4.33. The lowest BCUT2D eigenvalue weighted by Crippen LogP contribution is -2.17. The van der Waals surface area contributed by atoms with Crippen molar-refractivity contribution in [3.63, 3.8) is 0 Å². The Bertz CT molecular complexity index is 614. The quantitative estimate of drug-likeness (QED) is 0.864. The molecule has 0 aliphatic heterocycles. The van der Waals surface area contributed by atoms with E-state index in [-0.39, 0.29) is 24.1 Å². The van der Waals surface area contributed by atoms with Gasteiger partial charge in [0, 0.05) is 30.9 Å². The predicted octanol–water partition coefficient (Wildman–Crippen LogP) is 1.31. The molecule has 0 radical (unpaired) electrons. The van der Waals surface area contributed by atoms with Crippen molar-refractivity contribution in [2.24, 2.45) is 0 Å². The first-order valence-corrected chi connectivity index (χ1v) is 6.15. The van der Waals surface area contributed by atoms with Crippen molar-refractivity contribution in [3.05, 3.63) is 48.5 Å². The van der Waals surface area contributed by atoms with Crippen LogP contribution in [0.3, 0.4) is 0 Å². The number of methoxy groups -OCH3 is 1. The van der Waals surface area contributed by atoms with E-state index in [4.69, 9.17) is 4.74 Å². The highest BCUT2D eigenvalue weighted by Crippen LogP contribution is 2.14. The Labute approximate surface area is 121 Å². The fourth-order valence-electron chi connectivity index (χ4n) is 1.58. The summed E-state index contributed by atoms with van der Waals surface area (Å²) in [5, 5.41) is 5.34. The van der Waals surface area contributed by atoms with Crippen LogP contribution in [0.2, 0.25) is 0 Å². The van der Waals surface area contributed by atoms with Gasteiger partial charge in [-0.15, -0.1) is 0 Å². The molecule has 0 saturated heterocycles. The van der Waals surface area contributed by atoms with Crippen molar-refractivity contribution < 1.29 is 14.3 Å². The van der Waals surface area contributed by atoms with Gasteiger partial charge >= 0.3 is 0 Å². The van der Waals surface area contributed by atoms with E-state index < -0.39 is 0 Å². The van der Waals surface area contributed by atoms with Gasteiger partial charge in [-0.3, -0.25) is 14.6 Å². The molecule has 1 aromatic heterocycles. The lowest BCUT2D eigenvalue weighted by atomic mass is 10.2. The second-order valence-electron chi connectivity index (χ2n) is 4.10. The highest BCUT2D eigenvalue weighted by Gasteiger charge is 2.07. The molecule has 7 heteroatoms. The molecule has 1 aromatic carbocycles. The van der Waals surface area contributed by atoms with Gasteiger partial charge in [0.05, 0.1) is 6.20 Å². The van der Waals surface area contributed by atoms with Gasteiger partial charge < -0.3 is 15.4 Å². The first-order chi connectivity index (χ1) is 10.2. The Balaban J connectivity index is 1.96. The van der Waals surface area contributed by atoms with Crippen LogP contribution in [-0.4, -0.2) is 35.5 Å². The zero-order valence-corrected chi connectivity index (χ0v) is 11.4. The first kappa shape index (κ1) is 14.6. The number of carbonyl (C=O) groups excluding carboxylic acids is 2. The summed E-state index contributed by atoms with van der Waals surface area (Å²) in [5.41, 5.74) is 1.44. The van der Waals surface area contributed by atoms with E-state index >= 15 is 0 Å². The van der Waals surface area contributed by atoms with Gasteiger partial charge in [-0.1, -0.05) is 0 Å². The molecule has 108 valence electrons. The molecule has 0 spiro atoms. The Kier molecular flexibility index (Phi) is 4.94. The van der Waals surface area contributed by atoms with Crippen molar-refractivity contribution in [3.8, 4) is 0 Å². The Morgan fingerprint density at radius 3 is 2.33 bits per heavy atom. The SMILES string of the molecule is COCC(=O)Nc1ccc(NC(=O)c2cnccn2)cc1. The van der Waals surface area contributed by atoms with E-state index in [1.165, 1.54) is 25.7 Å². The van der Waals surface area contributed by atoms with E-state index in [0.717, 1.165) is 0 Å². The van der Waals surface area contributed by atoms with Crippen LogP contribution in [0.15, 0.2) is 42.9 Å². The molecule has 0 bridgehead atoms. The maximum atomic E-state index is 11.9. The van der Waals surface area contributed by atoms with Crippen LogP contribution in [0, 0.1) is 0 Å². The monoisotopic (exact) mass is 286 g/mol. The highest BCUT2D eigenvalue weighted by molar-refractivity contribution is 6.02. The summed E-state index contributed by atoms with van der Waals surface area (Å²) in [5.74, 6) is -0.590. The van der Waals surface area contributed by atoms with E-state index in [1.54, 1.807) is 24.3 Å². The Hall–Kier alpha value is -2.80. The zero-order valence-electron chi connectivity index (χ0n) is 11.4. The number of nitrogens with one attached hydrogen (secondary N) is 2. The zero-order chi connectivity index (χ0) is 15.1. The molecule has 1 heterocycles. The summed E-state index contributed by atoms with van der Waals surface area (Å²) in [6.45, 7) is -0.00877. The number of carbonyl (C=O) groups is 2. The molecular weight excluding hydrogens is 272 g/mol. The molecule has 7 nitrogen and oxygen atoms in total. The molecule has 0 atom stereocenters. The number of hydrogen-bond acceptors (Lipinski definition) is 5. The van der Waals surface area contributed by atoms with Gasteiger partial charge in [-0.05, 0) is 24.3 Å². The summed E-state index contributed by atoms with van der Waals surface area (Å²) >= 11 is 0. The smallest absolute Gasteiger partial charge is 0.275 e. The van der Waals surface area contributed by atoms with Crippen LogP contribution in [0.5, 0.6) is 0 Å². The number of benzene rings is 1. The maximum absolute atomic E-state index is 11.9. The van der Waals surface area contributed by atoms with Gasteiger partial charge in [-0.25, -0.2) is 4.98 Å². The summed E-state index contributed by atoms with van der Waals surface area (Å²) in [6, 6.07) is 6.72. The van der Waals surface area contributed by atoms with Crippen molar-refractivity contribution in [1.29, 1.82) is 0 Å². The largest absolute Gasteiger partial charge is 0.375 e. The molecule has 2 rings (SSSR count). The molecule has 2 aromatic rings. The van der Waals surface area contributed by atoms with Gasteiger partial charge in [0.1, 0.15) is 12.3 Å². The average molecular weight is 286 g/mol. The topological polar surface area (TPSA) is 93.2 Å². The predicted molar refractivity (Wildman–Crippen MR) is 76.9 cm³/mol. The Morgan fingerprint density at radius 1 is 1.10 bits per heavy atom. The molecule has 0 aliphatic rings. The van der Waals surface area contributed by atoms with Crippen LogP contribution in [-0.2, 0) is 9.53 Å². The number of aromatic nitrogens is 2. The number of hydrogen-bond donors (Lipinski definition) is 2. The standard InChI is InChI=1S/C14H14N4O3/c1-21-9-13(19)17-10-2-4-11(5-3-10)18-14(20)12-8-15-6-7-16-12/h2-8H,9H2,1H3,(H,17,19)(H,18,20). The van der Waals surface area contributed by atoms with Crippen LogP contribution in [0.1, 0.15) is 10.5 Å². The number of nitrogens with zero attached hydrogens (tertiary/aromatic N) is 2. The fourth-order valence-corrected chi connectivity index (χ4v) is 1.58. The second kappa shape index (κ2) is 7.11. The number of ether oxygens (including phenoxy) is 1. The number of anilines is 2. The lowest BCUT2D eigenvalue weighted by molar-refractivity contribution is -0.119. The normalized spacial score (nSPS) is 9.95. The van der Waals surface area contributed by atoms with Crippen LogP contribution in [0.25, 0.3) is 0 Å². The molecular formula is C14H14N4O3. The molecule has 21 heavy (non-hydrogen) atoms. The van der Waals surface area contributed by atoms with Crippen molar-refractivity contribution in [2.75, 3.05) is 24.4 Å². The minimum Gasteiger partial charge on any atom is -0.375 e. The van der Waals surface area contributed by atoms with Gasteiger partial charge in [0.2, 0.25) is 5.91 Å². The minimum atomic E-state index is -0.348. The van der Waals surface area contributed by atoms with Gasteiger partial charge in [0.25, 0.3) is 5.91 Å². The third-order valence-electron chi connectivity index (χ3n) is 2.50. The second-order valence-corrected chi connectivity index (χ2v) is 4.10. The van der Waals surface area contributed by atoms with E-state index in [0.29, 0.717) is 11.4 Å². The van der Waals surface area contributed by atoms with Crippen molar-refractivity contribution in [1.82, 2.24) is 9.97 Å². The molecule has 0 aliphatic carbocycles. The summed E-state index contributed by atoms with van der Waals surface area (Å²) in [4.78, 5) is 30.9. The van der Waals surface area contributed by atoms with E-state index in [1.807, 2.05) is 0 Å². The fraction of sp³-hybridized carbons (Fsp3) is 0.143. The van der Waals surface area contributed by atoms with E-state index in [2.05, 4.69) is 20.6 Å². The molecule has 0 fully saturated rings. The number of amides is 2. The number of rotatable bonds is 5. The van der Waals surface area contributed by atoms with Crippen molar-refractivity contribution in [2.45, 2.75) is 0 Å². The molecule has 0 saturated carbocycles. The summed E-state index contributed by atoms with van der Waals surface area (Å²) < 4.78 is 4.72. The first-order valence-electron chi connectivity index (χ1n) is 6.15. The van der Waals surface area contributed by atoms with E-state index in [9.17, 15) is 9.59 Å². The van der Waals surface area contributed by atoms with Gasteiger partial charge in [0.15, 0.2) is 0 Å². The van der Waals surface area contributed by atoms with Crippen LogP contribution in [0.4, 0.5) is 11.4 Å². The maximum Gasteiger partial charge on any atom is 0.275 e. The average Bonchev–Trinajstić information content (AvgIpc) is 2.50. The minimum absolute atomic E-state index is 0.00877. The third-order valence-corrected chi connectivity index (χ3v) is 2.50. The molecule has 0 unspecified atom stereocenters. The third kappa shape index (κ3) is 4.36. The van der Waals surface area contributed by atoms with Gasteiger partial charge in [-0.2, -0.15) is 0 Å². The molecule has 2 amide bonds. The summed E-state index contributed by atoms with van der Waals surface area (Å²) in [7, 11) is 1.45. The Morgan fingerprint density at radius 2 is 1.76 bits per heavy atom. The van der Waals surface area contributed by atoms with Crippen LogP contribution >= 0.6 is 0 Å². The highest BCUT2D eigenvalue weighted by atomic mass is 16.5. The van der Waals surface area contributed by atoms with Crippen LogP contribution < -0.4 is 10.6 Å². The lowest BCUT2D eigenvalue weighted by Gasteiger charge is -2.07.